The Balaban J connectivity index is 1.62. The van der Waals surface area contributed by atoms with Crippen molar-refractivity contribution in [3.8, 4) is 5.75 Å². The van der Waals surface area contributed by atoms with Gasteiger partial charge in [-0.15, -0.1) is 0 Å². The van der Waals surface area contributed by atoms with Gasteiger partial charge in [0, 0.05) is 6.08 Å². The molecule has 2 heterocycles. The van der Waals surface area contributed by atoms with Crippen LogP contribution in [0.25, 0.3) is 0 Å². The fourth-order valence-corrected chi connectivity index (χ4v) is 4.23. The third kappa shape index (κ3) is 4.03. The Kier molecular flexibility index (Phi) is 5.37. The number of hydrogen-bond acceptors (Lipinski definition) is 6. The average molecular weight is 425 g/mol. The topological polar surface area (TPSA) is 70.1 Å². The number of carboxylic acids is 1. The van der Waals surface area contributed by atoms with Crippen molar-refractivity contribution in [2.75, 3.05) is 11.4 Å². The zero-order valence-corrected chi connectivity index (χ0v) is 16.8. The maximum atomic E-state index is 12.4. The number of thiocarbonyl (C=S) groups is 1. The summed E-state index contributed by atoms with van der Waals surface area (Å²) >= 11 is 6.21. The highest BCUT2D eigenvalue weighted by atomic mass is 32.2. The molecule has 0 atom stereocenters. The Bertz CT molecular complexity index is 1050. The van der Waals surface area contributed by atoms with Crippen molar-refractivity contribution in [2.45, 2.75) is 6.54 Å². The molecule has 8 heteroatoms. The molecule has 0 saturated carbocycles. The monoisotopic (exact) mass is 424 g/mol. The molecule has 146 valence electrons. The number of nitrogens with zero attached hydrogens (tertiary/aromatic N) is 2. The smallest absolute Gasteiger partial charge is 0.323 e. The van der Waals surface area contributed by atoms with Gasteiger partial charge >= 0.3 is 5.97 Å². The number of carboxylic acid groups (broad SMARTS) is 1. The van der Waals surface area contributed by atoms with Gasteiger partial charge in [0.05, 0.1) is 17.1 Å². The lowest BCUT2D eigenvalue weighted by Gasteiger charge is -2.18. The molecule has 1 N–H and O–H groups in total. The number of thioether (sulfide) groups is 1. The van der Waals surface area contributed by atoms with Crippen molar-refractivity contribution in [3.05, 3.63) is 83.1 Å². The maximum Gasteiger partial charge on any atom is 0.323 e. The van der Waals surface area contributed by atoms with Gasteiger partial charge in [0.2, 0.25) is 5.88 Å². The van der Waals surface area contributed by atoms with Gasteiger partial charge in [-0.25, -0.2) is 0 Å². The van der Waals surface area contributed by atoms with E-state index in [9.17, 15) is 9.59 Å². The van der Waals surface area contributed by atoms with Crippen molar-refractivity contribution in [3.63, 3.8) is 0 Å². The molecule has 6 nitrogen and oxygen atoms in total. The second-order valence-corrected chi connectivity index (χ2v) is 8.01. The van der Waals surface area contributed by atoms with Gasteiger partial charge in [-0.05, 0) is 23.8 Å². The molecule has 2 aliphatic heterocycles. The summed E-state index contributed by atoms with van der Waals surface area (Å²) in [7, 11) is 0. The Morgan fingerprint density at radius 2 is 1.79 bits per heavy atom. The first-order valence-corrected chi connectivity index (χ1v) is 10.0. The second-order valence-electron chi connectivity index (χ2n) is 6.33. The fraction of sp³-hybridized carbons (Fsp3) is 0.0952. The van der Waals surface area contributed by atoms with E-state index in [0.29, 0.717) is 17.3 Å². The standard InChI is InChI=1S/C21H16N2O4S2/c24-19(25)13-23-20(26)17(29-21(23)28)10-11-18-22(12-14-6-2-1-3-7-14)15-8-4-5-9-16(15)27-18/h1-11H,12-13H2,(H,24,25)/b17-10+,18-11+. The third-order valence-electron chi connectivity index (χ3n) is 4.36. The zero-order chi connectivity index (χ0) is 20.4. The second kappa shape index (κ2) is 8.10. The minimum absolute atomic E-state index is 0.235. The van der Waals surface area contributed by atoms with E-state index in [-0.39, 0.29) is 4.32 Å². The van der Waals surface area contributed by atoms with Gasteiger partial charge in [-0.3, -0.25) is 14.5 Å². The summed E-state index contributed by atoms with van der Waals surface area (Å²) in [6.45, 7) is 0.165. The van der Waals surface area contributed by atoms with Crippen molar-refractivity contribution in [1.82, 2.24) is 4.90 Å². The number of allylic oxidation sites excluding steroid dienone is 2. The summed E-state index contributed by atoms with van der Waals surface area (Å²) in [5, 5.41) is 8.95. The first-order valence-electron chi connectivity index (χ1n) is 8.79. The molecule has 1 amide bonds. The predicted molar refractivity (Wildman–Crippen MR) is 115 cm³/mol. The molecule has 1 saturated heterocycles. The Morgan fingerprint density at radius 1 is 1.07 bits per heavy atom. The number of carbonyl (C=O) groups excluding carboxylic acids is 1. The number of para-hydroxylation sites is 2. The Morgan fingerprint density at radius 3 is 2.55 bits per heavy atom. The summed E-state index contributed by atoms with van der Waals surface area (Å²) in [6.07, 6.45) is 3.34. The number of hydrogen-bond donors (Lipinski definition) is 1. The van der Waals surface area contributed by atoms with Crippen LogP contribution in [0.1, 0.15) is 5.56 Å². The van der Waals surface area contributed by atoms with E-state index in [0.717, 1.165) is 33.7 Å². The normalized spacial score (nSPS) is 18.5. The van der Waals surface area contributed by atoms with Crippen LogP contribution in [0.15, 0.2) is 77.5 Å². The van der Waals surface area contributed by atoms with Gasteiger partial charge in [-0.2, -0.15) is 0 Å². The minimum Gasteiger partial charge on any atom is -0.480 e. The van der Waals surface area contributed by atoms with Crippen molar-refractivity contribution in [2.24, 2.45) is 0 Å². The van der Waals surface area contributed by atoms with Crippen LogP contribution in [0.2, 0.25) is 0 Å². The summed E-state index contributed by atoms with van der Waals surface area (Å²) < 4.78 is 6.22. The van der Waals surface area contributed by atoms with E-state index in [1.807, 2.05) is 59.5 Å². The Hall–Kier alpha value is -3.10. The largest absolute Gasteiger partial charge is 0.480 e. The lowest BCUT2D eigenvalue weighted by Crippen LogP contribution is -2.33. The highest BCUT2D eigenvalue weighted by Gasteiger charge is 2.33. The molecule has 0 unspecified atom stereocenters. The number of ether oxygens (including phenoxy) is 1. The lowest BCUT2D eigenvalue weighted by atomic mass is 10.2. The molecule has 4 rings (SSSR count). The molecule has 2 aromatic rings. The van der Waals surface area contributed by atoms with Gasteiger partial charge < -0.3 is 14.7 Å². The quantitative estimate of drug-likeness (QED) is 0.579. The van der Waals surface area contributed by atoms with E-state index in [1.165, 1.54) is 0 Å². The number of carbonyl (C=O) groups is 2. The summed E-state index contributed by atoms with van der Waals surface area (Å²) in [5.74, 6) is -0.200. The molecular weight excluding hydrogens is 408 g/mol. The zero-order valence-electron chi connectivity index (χ0n) is 15.1. The molecule has 0 radical (unpaired) electrons. The van der Waals surface area contributed by atoms with Crippen LogP contribution in [-0.2, 0) is 16.1 Å². The highest BCUT2D eigenvalue weighted by molar-refractivity contribution is 8.26. The van der Waals surface area contributed by atoms with E-state index >= 15 is 0 Å². The van der Waals surface area contributed by atoms with E-state index in [1.54, 1.807) is 12.2 Å². The molecule has 2 aliphatic rings. The number of aliphatic carboxylic acids is 1. The molecule has 29 heavy (non-hydrogen) atoms. The molecule has 0 bridgehead atoms. The van der Waals surface area contributed by atoms with Crippen LogP contribution in [0.4, 0.5) is 5.69 Å². The molecule has 0 aromatic heterocycles. The van der Waals surface area contributed by atoms with Crippen molar-refractivity contribution in [1.29, 1.82) is 0 Å². The van der Waals surface area contributed by atoms with Gasteiger partial charge in [-0.1, -0.05) is 66.4 Å². The van der Waals surface area contributed by atoms with Gasteiger partial charge in [0.15, 0.2) is 5.75 Å². The molecular formula is C21H16N2O4S2. The summed E-state index contributed by atoms with van der Waals surface area (Å²) in [5.41, 5.74) is 2.06. The van der Waals surface area contributed by atoms with E-state index in [2.05, 4.69) is 0 Å². The van der Waals surface area contributed by atoms with Crippen LogP contribution in [0.3, 0.4) is 0 Å². The minimum atomic E-state index is -1.11. The van der Waals surface area contributed by atoms with Crippen LogP contribution in [0, 0.1) is 0 Å². The van der Waals surface area contributed by atoms with Crippen LogP contribution in [-0.4, -0.2) is 32.7 Å². The predicted octanol–water partition coefficient (Wildman–Crippen LogP) is 3.76. The lowest BCUT2D eigenvalue weighted by molar-refractivity contribution is -0.140. The highest BCUT2D eigenvalue weighted by Crippen LogP contribution is 2.40. The van der Waals surface area contributed by atoms with Crippen LogP contribution < -0.4 is 9.64 Å². The number of benzene rings is 2. The first kappa shape index (κ1) is 19.2. The number of anilines is 1. The Labute approximate surface area is 177 Å². The van der Waals surface area contributed by atoms with Gasteiger partial charge in [0.25, 0.3) is 5.91 Å². The molecule has 2 aromatic carbocycles. The van der Waals surface area contributed by atoms with Crippen LogP contribution in [0.5, 0.6) is 5.75 Å². The summed E-state index contributed by atoms with van der Waals surface area (Å²) in [4.78, 5) is 26.9. The van der Waals surface area contributed by atoms with Gasteiger partial charge in [0.1, 0.15) is 10.9 Å². The van der Waals surface area contributed by atoms with Crippen molar-refractivity contribution >= 4 is 45.9 Å². The molecule has 0 spiro atoms. The number of rotatable bonds is 5. The third-order valence-corrected chi connectivity index (χ3v) is 5.76. The summed E-state index contributed by atoms with van der Waals surface area (Å²) in [6, 6.07) is 17.7. The number of amides is 1. The number of fused-ring (bicyclic) bond motifs is 1. The van der Waals surface area contributed by atoms with Crippen molar-refractivity contribution < 1.29 is 19.4 Å². The average Bonchev–Trinajstić information content (AvgIpc) is 3.19. The van der Waals surface area contributed by atoms with E-state index in [4.69, 9.17) is 22.1 Å². The molecule has 0 aliphatic carbocycles. The SMILES string of the molecule is O=C(O)CN1C(=O)/C(=C\C=C2\Oc3ccccc3N2Cc2ccccc2)SC1=S. The molecule has 1 fully saturated rings. The fourth-order valence-electron chi connectivity index (χ4n) is 3.04. The van der Waals surface area contributed by atoms with Crippen LogP contribution >= 0.6 is 24.0 Å². The first-order chi connectivity index (χ1) is 14.0. The maximum absolute atomic E-state index is 12.4. The van der Waals surface area contributed by atoms with E-state index < -0.39 is 18.4 Å².